The van der Waals surface area contributed by atoms with E-state index < -0.39 is 5.97 Å². The van der Waals surface area contributed by atoms with Crippen molar-refractivity contribution in [2.45, 2.75) is 32.1 Å². The highest BCUT2D eigenvalue weighted by molar-refractivity contribution is 5.96. The summed E-state index contributed by atoms with van der Waals surface area (Å²) in [7, 11) is 0. The van der Waals surface area contributed by atoms with E-state index in [2.05, 4.69) is 0 Å². The lowest BCUT2D eigenvalue weighted by atomic mass is 9.78. The first-order valence-corrected chi connectivity index (χ1v) is 6.48. The van der Waals surface area contributed by atoms with Crippen molar-refractivity contribution in [3.63, 3.8) is 0 Å². The van der Waals surface area contributed by atoms with Crippen molar-refractivity contribution >= 4 is 11.8 Å². The lowest BCUT2D eigenvalue weighted by Crippen LogP contribution is -2.24. The first kappa shape index (κ1) is 12.8. The van der Waals surface area contributed by atoms with Crippen LogP contribution in [0.4, 0.5) is 0 Å². The molecule has 0 aliphatic heterocycles. The Hall–Kier alpha value is -1.64. The van der Waals surface area contributed by atoms with Gasteiger partial charge in [-0.3, -0.25) is 9.59 Å². The summed E-state index contributed by atoms with van der Waals surface area (Å²) in [5.41, 5.74) is 0.731. The van der Waals surface area contributed by atoms with E-state index in [1.54, 1.807) is 0 Å². The molecular weight excluding hydrogens is 228 g/mol. The van der Waals surface area contributed by atoms with Crippen molar-refractivity contribution in [2.24, 2.45) is 11.8 Å². The topological polar surface area (TPSA) is 54.4 Å². The molecule has 0 aromatic heterocycles. The summed E-state index contributed by atoms with van der Waals surface area (Å²) < 4.78 is 0. The van der Waals surface area contributed by atoms with Gasteiger partial charge in [-0.1, -0.05) is 36.8 Å². The van der Waals surface area contributed by atoms with Crippen LogP contribution in [-0.2, 0) is 4.79 Å². The Kier molecular flexibility index (Phi) is 4.13. The summed E-state index contributed by atoms with van der Waals surface area (Å²) in [6.07, 6.45) is 3.78. The van der Waals surface area contributed by atoms with Gasteiger partial charge in [-0.15, -0.1) is 0 Å². The second kappa shape index (κ2) is 5.80. The van der Waals surface area contributed by atoms with Crippen molar-refractivity contribution < 1.29 is 14.7 Å². The van der Waals surface area contributed by atoms with Crippen LogP contribution < -0.4 is 0 Å². The molecule has 3 heteroatoms. The molecule has 1 aromatic carbocycles. The Morgan fingerprint density at radius 1 is 1.17 bits per heavy atom. The molecule has 0 saturated heterocycles. The van der Waals surface area contributed by atoms with E-state index in [1.165, 1.54) is 0 Å². The third-order valence-corrected chi connectivity index (χ3v) is 3.70. The summed E-state index contributed by atoms with van der Waals surface area (Å²) in [4.78, 5) is 23.0. The normalized spacial score (nSPS) is 23.6. The molecule has 3 nitrogen and oxygen atoms in total. The second-order valence-corrected chi connectivity index (χ2v) is 5.06. The number of benzene rings is 1. The number of hydrogen-bond acceptors (Lipinski definition) is 2. The van der Waals surface area contributed by atoms with Crippen LogP contribution in [0, 0.1) is 11.8 Å². The van der Waals surface area contributed by atoms with E-state index in [4.69, 9.17) is 5.11 Å². The van der Waals surface area contributed by atoms with Crippen LogP contribution in [0.1, 0.15) is 42.5 Å². The summed E-state index contributed by atoms with van der Waals surface area (Å²) in [6, 6.07) is 9.24. The van der Waals surface area contributed by atoms with Crippen LogP contribution in [0.25, 0.3) is 0 Å². The lowest BCUT2D eigenvalue weighted by Gasteiger charge is -2.26. The average Bonchev–Trinajstić information content (AvgIpc) is 2.40. The third kappa shape index (κ3) is 3.19. The van der Waals surface area contributed by atoms with Gasteiger partial charge in [0.1, 0.15) is 0 Å². The van der Waals surface area contributed by atoms with Crippen LogP contribution >= 0.6 is 0 Å². The standard InChI is InChI=1S/C15H18O3/c16-14(12-6-2-1-3-7-12)10-11-5-4-8-13(9-11)15(17)18/h1-3,6-7,11,13H,4-5,8-10H2,(H,17,18)/t11-,13+/m0/s1. The van der Waals surface area contributed by atoms with E-state index in [0.717, 1.165) is 24.8 Å². The van der Waals surface area contributed by atoms with Gasteiger partial charge >= 0.3 is 5.97 Å². The van der Waals surface area contributed by atoms with Crippen molar-refractivity contribution in [3.8, 4) is 0 Å². The zero-order chi connectivity index (χ0) is 13.0. The van der Waals surface area contributed by atoms with Gasteiger partial charge in [0.05, 0.1) is 5.92 Å². The molecule has 96 valence electrons. The number of rotatable bonds is 4. The monoisotopic (exact) mass is 246 g/mol. The SMILES string of the molecule is O=C(C[C@H]1CCC[C@@H](C(=O)O)C1)c1ccccc1. The van der Waals surface area contributed by atoms with Crippen LogP contribution in [0.5, 0.6) is 0 Å². The van der Waals surface area contributed by atoms with Gasteiger partial charge < -0.3 is 5.11 Å². The summed E-state index contributed by atoms with van der Waals surface area (Å²) >= 11 is 0. The minimum Gasteiger partial charge on any atom is -0.481 e. The van der Waals surface area contributed by atoms with Gasteiger partial charge in [-0.25, -0.2) is 0 Å². The zero-order valence-corrected chi connectivity index (χ0v) is 10.3. The van der Waals surface area contributed by atoms with Gasteiger partial charge in [0.25, 0.3) is 0 Å². The van der Waals surface area contributed by atoms with E-state index in [1.807, 2.05) is 30.3 Å². The maximum atomic E-state index is 12.0. The van der Waals surface area contributed by atoms with E-state index in [0.29, 0.717) is 12.8 Å². The minimum atomic E-state index is -0.716. The van der Waals surface area contributed by atoms with Gasteiger partial charge in [-0.05, 0) is 25.2 Å². The van der Waals surface area contributed by atoms with E-state index in [-0.39, 0.29) is 17.6 Å². The number of carboxylic acids is 1. The first-order valence-electron chi connectivity index (χ1n) is 6.48. The molecule has 1 fully saturated rings. The molecule has 0 radical (unpaired) electrons. The van der Waals surface area contributed by atoms with E-state index >= 15 is 0 Å². The van der Waals surface area contributed by atoms with Gasteiger partial charge in [-0.2, -0.15) is 0 Å². The molecule has 1 saturated carbocycles. The fraction of sp³-hybridized carbons (Fsp3) is 0.467. The quantitative estimate of drug-likeness (QED) is 0.830. The molecule has 0 spiro atoms. The Morgan fingerprint density at radius 2 is 1.89 bits per heavy atom. The molecule has 18 heavy (non-hydrogen) atoms. The molecule has 2 rings (SSSR count). The largest absolute Gasteiger partial charge is 0.481 e. The van der Waals surface area contributed by atoms with Crippen LogP contribution in [0.2, 0.25) is 0 Å². The van der Waals surface area contributed by atoms with Crippen molar-refractivity contribution in [2.75, 3.05) is 0 Å². The van der Waals surface area contributed by atoms with Crippen molar-refractivity contribution in [1.29, 1.82) is 0 Å². The van der Waals surface area contributed by atoms with Crippen molar-refractivity contribution in [1.82, 2.24) is 0 Å². The molecule has 0 unspecified atom stereocenters. The molecule has 1 aromatic rings. The number of carbonyl (C=O) groups excluding carboxylic acids is 1. The minimum absolute atomic E-state index is 0.131. The first-order chi connectivity index (χ1) is 8.66. The highest BCUT2D eigenvalue weighted by atomic mass is 16.4. The molecular formula is C15H18O3. The highest BCUT2D eigenvalue weighted by Crippen LogP contribution is 2.32. The molecule has 1 aliphatic carbocycles. The van der Waals surface area contributed by atoms with Gasteiger partial charge in [0, 0.05) is 12.0 Å². The summed E-state index contributed by atoms with van der Waals surface area (Å²) in [5.74, 6) is -0.613. The Labute approximate surface area is 107 Å². The third-order valence-electron chi connectivity index (χ3n) is 3.70. The smallest absolute Gasteiger partial charge is 0.306 e. The maximum absolute atomic E-state index is 12.0. The summed E-state index contributed by atoms with van der Waals surface area (Å²) in [6.45, 7) is 0. The lowest BCUT2D eigenvalue weighted by molar-refractivity contribution is -0.143. The zero-order valence-electron chi connectivity index (χ0n) is 10.3. The summed E-state index contributed by atoms with van der Waals surface area (Å²) in [5, 5.41) is 9.02. The Balaban J connectivity index is 1.93. The average molecular weight is 246 g/mol. The highest BCUT2D eigenvalue weighted by Gasteiger charge is 2.28. The van der Waals surface area contributed by atoms with Crippen LogP contribution in [-0.4, -0.2) is 16.9 Å². The number of aliphatic carboxylic acids is 1. The number of carboxylic acid groups (broad SMARTS) is 1. The predicted molar refractivity (Wildman–Crippen MR) is 68.5 cm³/mol. The van der Waals surface area contributed by atoms with Crippen LogP contribution in [0.3, 0.4) is 0 Å². The van der Waals surface area contributed by atoms with E-state index in [9.17, 15) is 9.59 Å². The molecule has 0 heterocycles. The molecule has 0 bridgehead atoms. The fourth-order valence-corrected chi connectivity index (χ4v) is 2.70. The number of hydrogen-bond donors (Lipinski definition) is 1. The fourth-order valence-electron chi connectivity index (χ4n) is 2.70. The molecule has 1 aliphatic rings. The number of Topliss-reactive ketones (excluding diaryl/α,β-unsaturated/α-hetero) is 1. The van der Waals surface area contributed by atoms with Crippen LogP contribution in [0.15, 0.2) is 30.3 Å². The van der Waals surface area contributed by atoms with Gasteiger partial charge in [0.2, 0.25) is 0 Å². The van der Waals surface area contributed by atoms with Crippen molar-refractivity contribution in [3.05, 3.63) is 35.9 Å². The predicted octanol–water partition coefficient (Wildman–Crippen LogP) is 3.15. The maximum Gasteiger partial charge on any atom is 0.306 e. The Bertz CT molecular complexity index is 425. The number of ketones is 1. The molecule has 0 amide bonds. The molecule has 2 atom stereocenters. The number of carbonyl (C=O) groups is 2. The van der Waals surface area contributed by atoms with Gasteiger partial charge in [0.15, 0.2) is 5.78 Å². The molecule has 1 N–H and O–H groups in total. The second-order valence-electron chi connectivity index (χ2n) is 5.06. The Morgan fingerprint density at radius 3 is 2.56 bits per heavy atom.